The van der Waals surface area contributed by atoms with E-state index in [9.17, 15) is 4.79 Å². The van der Waals surface area contributed by atoms with Crippen LogP contribution in [0.4, 0.5) is 0 Å². The number of nitrogens with zero attached hydrogens (tertiary/aromatic N) is 1. The van der Waals surface area contributed by atoms with E-state index >= 15 is 0 Å². The molecule has 30 heavy (non-hydrogen) atoms. The molecule has 0 radical (unpaired) electrons. The van der Waals surface area contributed by atoms with Gasteiger partial charge in [0.2, 0.25) is 0 Å². The highest BCUT2D eigenvalue weighted by Gasteiger charge is 2.59. The molecule has 1 aromatic heterocycles. The molecule has 1 aromatic carbocycles. The Morgan fingerprint density at radius 3 is 2.50 bits per heavy atom. The molecule has 0 N–H and O–H groups in total. The summed E-state index contributed by atoms with van der Waals surface area (Å²) in [4.78, 5) is 17.6. The molecule has 0 amide bonds. The monoisotopic (exact) mass is 417 g/mol. The number of hydrogen-bond acceptors (Lipinski definition) is 8. The van der Waals surface area contributed by atoms with Crippen LogP contribution in [0.25, 0.3) is 0 Å². The summed E-state index contributed by atoms with van der Waals surface area (Å²) in [7, 11) is 1.56. The van der Waals surface area contributed by atoms with E-state index in [1.54, 1.807) is 24.5 Å². The fourth-order valence-corrected chi connectivity index (χ4v) is 4.08. The molecule has 2 aromatic rings. The first-order chi connectivity index (χ1) is 14.4. The molecule has 0 spiro atoms. The predicted octanol–water partition coefficient (Wildman–Crippen LogP) is 3.19. The molecular weight excluding hydrogens is 390 g/mol. The van der Waals surface area contributed by atoms with Crippen molar-refractivity contribution in [2.45, 2.75) is 63.7 Å². The lowest BCUT2D eigenvalue weighted by Gasteiger charge is -2.34. The summed E-state index contributed by atoms with van der Waals surface area (Å²) >= 11 is 0. The van der Waals surface area contributed by atoms with E-state index in [1.807, 2.05) is 50.2 Å². The zero-order valence-electron chi connectivity index (χ0n) is 17.5. The van der Waals surface area contributed by atoms with Crippen molar-refractivity contribution in [3.8, 4) is 0 Å². The zero-order valence-corrected chi connectivity index (χ0v) is 17.5. The maximum absolute atomic E-state index is 12.0. The van der Waals surface area contributed by atoms with Crippen LogP contribution in [0.3, 0.4) is 0 Å². The third kappa shape index (κ3) is 4.28. The summed E-state index contributed by atoms with van der Waals surface area (Å²) in [6, 6.07) is 12.8. The first kappa shape index (κ1) is 21.0. The topological polar surface area (TPSA) is 79.6 Å². The number of carbonyl (C=O) groups excluding carboxylic acids is 1. The van der Waals surface area contributed by atoms with E-state index in [2.05, 4.69) is 0 Å². The molecule has 8 heteroatoms. The average Bonchev–Trinajstić information content (AvgIpc) is 3.39. The number of hydroxylamine groups is 2. The second-order valence-electron chi connectivity index (χ2n) is 7.87. The molecule has 8 nitrogen and oxygen atoms in total. The minimum Gasteiger partial charge on any atom is -0.467 e. The standard InChI is InChI=1S/C22H27NO7/c1-14(24)30-23(13-15-9-6-5-7-10-15)17(16-11-8-12-26-16)18-19-20(21(25-4)27-18)29-22(2,3)28-19/h5-12,17-21H,13H2,1-4H3/t17-,18-,19-,20-,21-/m1/s1. The van der Waals surface area contributed by atoms with Gasteiger partial charge < -0.3 is 28.2 Å². The Morgan fingerprint density at radius 2 is 1.87 bits per heavy atom. The predicted molar refractivity (Wildman–Crippen MR) is 105 cm³/mol. The minimum absolute atomic E-state index is 0.338. The number of benzene rings is 1. The Bertz CT molecular complexity index is 838. The van der Waals surface area contributed by atoms with Crippen LogP contribution in [0.2, 0.25) is 0 Å². The van der Waals surface area contributed by atoms with E-state index < -0.39 is 42.4 Å². The molecule has 2 aliphatic heterocycles. The van der Waals surface area contributed by atoms with Gasteiger partial charge >= 0.3 is 5.97 Å². The normalized spacial score (nSPS) is 28.4. The molecule has 2 saturated heterocycles. The number of ether oxygens (including phenoxy) is 4. The van der Waals surface area contributed by atoms with Crippen LogP contribution in [0, 0.1) is 0 Å². The van der Waals surface area contributed by atoms with Gasteiger partial charge in [0.25, 0.3) is 0 Å². The van der Waals surface area contributed by atoms with Crippen molar-refractivity contribution >= 4 is 5.97 Å². The summed E-state index contributed by atoms with van der Waals surface area (Å²) in [6.07, 6.45) is -0.448. The third-order valence-corrected chi connectivity index (χ3v) is 5.16. The number of carbonyl (C=O) groups is 1. The van der Waals surface area contributed by atoms with Crippen LogP contribution >= 0.6 is 0 Å². The minimum atomic E-state index is -0.784. The molecule has 4 rings (SSSR count). The summed E-state index contributed by atoms with van der Waals surface area (Å²) < 4.78 is 29.6. The van der Waals surface area contributed by atoms with Crippen LogP contribution in [-0.2, 0) is 35.1 Å². The largest absolute Gasteiger partial charge is 0.467 e. The van der Waals surface area contributed by atoms with E-state index in [4.69, 9.17) is 28.2 Å². The van der Waals surface area contributed by atoms with Crippen molar-refractivity contribution in [3.63, 3.8) is 0 Å². The average molecular weight is 417 g/mol. The molecular formula is C22H27NO7. The van der Waals surface area contributed by atoms with Crippen LogP contribution in [0.1, 0.15) is 38.1 Å². The highest BCUT2D eigenvalue weighted by Crippen LogP contribution is 2.45. The van der Waals surface area contributed by atoms with E-state index in [0.29, 0.717) is 12.3 Å². The molecule has 0 bridgehead atoms. The smallest absolute Gasteiger partial charge is 0.322 e. The van der Waals surface area contributed by atoms with Gasteiger partial charge in [-0.3, -0.25) is 4.79 Å². The Hall–Kier alpha value is -2.23. The maximum Gasteiger partial charge on any atom is 0.322 e. The van der Waals surface area contributed by atoms with Crippen molar-refractivity contribution in [3.05, 3.63) is 60.1 Å². The first-order valence-corrected chi connectivity index (χ1v) is 9.94. The van der Waals surface area contributed by atoms with Gasteiger partial charge in [-0.05, 0) is 31.5 Å². The lowest BCUT2D eigenvalue weighted by molar-refractivity contribution is -0.259. The Kier molecular flexibility index (Phi) is 5.95. The van der Waals surface area contributed by atoms with Crippen LogP contribution < -0.4 is 0 Å². The van der Waals surface area contributed by atoms with E-state index in [1.165, 1.54) is 6.92 Å². The van der Waals surface area contributed by atoms with Gasteiger partial charge in [0.1, 0.15) is 30.1 Å². The summed E-state index contributed by atoms with van der Waals surface area (Å²) in [5, 5.41) is 1.57. The van der Waals surface area contributed by atoms with Crippen LogP contribution in [0.5, 0.6) is 0 Å². The van der Waals surface area contributed by atoms with Crippen molar-refractivity contribution in [2.75, 3.05) is 7.11 Å². The number of rotatable bonds is 7. The highest BCUT2D eigenvalue weighted by molar-refractivity contribution is 5.65. The van der Waals surface area contributed by atoms with Gasteiger partial charge in [0.05, 0.1) is 12.8 Å². The fraction of sp³-hybridized carbons (Fsp3) is 0.500. The number of fused-ring (bicyclic) bond motifs is 1. The zero-order chi connectivity index (χ0) is 21.3. The first-order valence-electron chi connectivity index (χ1n) is 9.94. The molecule has 3 heterocycles. The molecule has 0 aliphatic carbocycles. The third-order valence-electron chi connectivity index (χ3n) is 5.16. The van der Waals surface area contributed by atoms with Gasteiger partial charge in [-0.2, -0.15) is 0 Å². The number of methoxy groups -OCH3 is 1. The van der Waals surface area contributed by atoms with Gasteiger partial charge in [-0.25, -0.2) is 0 Å². The molecule has 0 unspecified atom stereocenters. The molecule has 2 fully saturated rings. The second kappa shape index (κ2) is 8.49. The van der Waals surface area contributed by atoms with Gasteiger partial charge in [-0.15, -0.1) is 5.06 Å². The quantitative estimate of drug-likeness (QED) is 0.636. The lowest BCUT2D eigenvalue weighted by atomic mass is 10.0. The van der Waals surface area contributed by atoms with E-state index in [0.717, 1.165) is 5.56 Å². The summed E-state index contributed by atoms with van der Waals surface area (Å²) in [5.41, 5.74) is 0.970. The van der Waals surface area contributed by atoms with E-state index in [-0.39, 0.29) is 0 Å². The Labute approximate surface area is 175 Å². The van der Waals surface area contributed by atoms with Crippen molar-refractivity contribution in [1.29, 1.82) is 0 Å². The van der Waals surface area contributed by atoms with Gasteiger partial charge in [-0.1, -0.05) is 30.3 Å². The number of hydrogen-bond donors (Lipinski definition) is 0. The number of furan rings is 1. The maximum atomic E-state index is 12.0. The second-order valence-corrected chi connectivity index (χ2v) is 7.87. The fourth-order valence-electron chi connectivity index (χ4n) is 4.08. The molecule has 2 aliphatic rings. The van der Waals surface area contributed by atoms with Crippen molar-refractivity contribution in [2.24, 2.45) is 0 Å². The Balaban J connectivity index is 1.70. The molecule has 162 valence electrons. The van der Waals surface area contributed by atoms with Crippen molar-refractivity contribution in [1.82, 2.24) is 5.06 Å². The molecule has 5 atom stereocenters. The van der Waals surface area contributed by atoms with Crippen LogP contribution in [0.15, 0.2) is 53.1 Å². The van der Waals surface area contributed by atoms with Crippen molar-refractivity contribution < 1.29 is 33.0 Å². The SMILES string of the molecule is CO[C@@H]1O[C@H]([C@@H](c2ccco2)N(Cc2ccccc2)OC(C)=O)[C@H]2OC(C)(C)O[C@@H]12. The van der Waals surface area contributed by atoms with Gasteiger partial charge in [0, 0.05) is 14.0 Å². The Morgan fingerprint density at radius 1 is 1.13 bits per heavy atom. The molecule has 0 saturated carbocycles. The van der Waals surface area contributed by atoms with Crippen LogP contribution in [-0.4, -0.2) is 48.5 Å². The highest BCUT2D eigenvalue weighted by atomic mass is 16.8. The lowest BCUT2D eigenvalue weighted by Crippen LogP contribution is -2.43. The summed E-state index contributed by atoms with van der Waals surface area (Å²) in [5.74, 6) is -0.640. The van der Waals surface area contributed by atoms with Gasteiger partial charge in [0.15, 0.2) is 12.1 Å². The summed E-state index contributed by atoms with van der Waals surface area (Å²) in [6.45, 7) is 5.41.